The average Bonchev–Trinajstić information content (AvgIpc) is 2.73. The van der Waals surface area contributed by atoms with Gasteiger partial charge >= 0.3 is 0 Å². The minimum atomic E-state index is 0.917. The Bertz CT molecular complexity index is 669. The fraction of sp³-hybridized carbons (Fsp3) is 0.143. The smallest absolute Gasteiger partial charge is 0.163 e. The molecule has 2 heterocycles. The van der Waals surface area contributed by atoms with Crippen molar-refractivity contribution in [3.8, 4) is 11.1 Å². The van der Waals surface area contributed by atoms with Crippen molar-refractivity contribution in [2.24, 2.45) is 0 Å². The highest BCUT2D eigenvalue weighted by Gasteiger charge is 2.06. The maximum Gasteiger partial charge on any atom is 0.163 e. The first kappa shape index (κ1) is 10.0. The molecule has 3 aromatic rings. The van der Waals surface area contributed by atoms with E-state index in [4.69, 9.17) is 0 Å². The molecule has 17 heavy (non-hydrogen) atoms. The van der Waals surface area contributed by atoms with Crippen LogP contribution in [0.25, 0.3) is 16.8 Å². The summed E-state index contributed by atoms with van der Waals surface area (Å²) in [4.78, 5) is 0. The first-order valence-electron chi connectivity index (χ1n) is 5.63. The van der Waals surface area contributed by atoms with Gasteiger partial charge < -0.3 is 0 Å². The first-order valence-corrected chi connectivity index (χ1v) is 5.63. The van der Waals surface area contributed by atoms with Crippen LogP contribution < -0.4 is 0 Å². The molecule has 3 nitrogen and oxygen atoms in total. The summed E-state index contributed by atoms with van der Waals surface area (Å²) in [6, 6.07) is 12.5. The molecular weight excluding hydrogens is 210 g/mol. The van der Waals surface area contributed by atoms with Crippen molar-refractivity contribution in [3.63, 3.8) is 0 Å². The second kappa shape index (κ2) is 3.70. The maximum absolute atomic E-state index is 4.17. The molecule has 0 aliphatic rings. The minimum Gasteiger partial charge on any atom is -0.286 e. The third-order valence-electron chi connectivity index (χ3n) is 2.97. The number of hydrogen-bond acceptors (Lipinski definition) is 2. The summed E-state index contributed by atoms with van der Waals surface area (Å²) >= 11 is 0. The van der Waals surface area contributed by atoms with Gasteiger partial charge in [-0.05, 0) is 36.6 Å². The zero-order chi connectivity index (χ0) is 11.8. The SMILES string of the molecule is Cc1cc(-c2ccccc2)cn2c(C)nnc12. The van der Waals surface area contributed by atoms with E-state index in [1.165, 1.54) is 11.1 Å². The number of fused-ring (bicyclic) bond motifs is 1. The Morgan fingerprint density at radius 1 is 0.941 bits per heavy atom. The number of nitrogens with zero attached hydrogens (tertiary/aromatic N) is 3. The number of aryl methyl sites for hydroxylation is 2. The van der Waals surface area contributed by atoms with Crippen molar-refractivity contribution in [2.75, 3.05) is 0 Å². The van der Waals surface area contributed by atoms with Crippen molar-refractivity contribution < 1.29 is 0 Å². The Balaban J connectivity index is 2.28. The van der Waals surface area contributed by atoms with Gasteiger partial charge in [-0.2, -0.15) is 0 Å². The summed E-state index contributed by atoms with van der Waals surface area (Å²) in [6.07, 6.45) is 2.09. The van der Waals surface area contributed by atoms with Crippen LogP contribution >= 0.6 is 0 Å². The normalized spacial score (nSPS) is 10.9. The van der Waals surface area contributed by atoms with Gasteiger partial charge in [-0.15, -0.1) is 10.2 Å². The molecule has 1 aromatic carbocycles. The molecule has 3 rings (SSSR count). The van der Waals surface area contributed by atoms with Crippen LogP contribution in [0.15, 0.2) is 42.6 Å². The molecule has 0 fully saturated rings. The molecule has 0 atom stereocenters. The Kier molecular flexibility index (Phi) is 2.18. The van der Waals surface area contributed by atoms with Gasteiger partial charge in [-0.1, -0.05) is 30.3 Å². The monoisotopic (exact) mass is 223 g/mol. The van der Waals surface area contributed by atoms with Crippen LogP contribution in [0.3, 0.4) is 0 Å². The average molecular weight is 223 g/mol. The molecular formula is C14H13N3. The van der Waals surface area contributed by atoms with Gasteiger partial charge in [0.1, 0.15) is 5.82 Å². The molecule has 2 aromatic heterocycles. The molecule has 0 unspecified atom stereocenters. The van der Waals surface area contributed by atoms with Crippen molar-refractivity contribution >= 4 is 5.65 Å². The van der Waals surface area contributed by atoms with Gasteiger partial charge in [0.25, 0.3) is 0 Å². The standard InChI is InChI=1S/C14H13N3/c1-10-8-13(12-6-4-3-5-7-12)9-17-11(2)15-16-14(10)17/h3-9H,1-2H3. The lowest BCUT2D eigenvalue weighted by Gasteiger charge is -2.05. The predicted molar refractivity (Wildman–Crippen MR) is 67.9 cm³/mol. The van der Waals surface area contributed by atoms with Crippen molar-refractivity contribution in [2.45, 2.75) is 13.8 Å². The zero-order valence-electron chi connectivity index (χ0n) is 9.88. The highest BCUT2D eigenvalue weighted by atomic mass is 15.2. The van der Waals surface area contributed by atoms with Crippen LogP contribution in [0.2, 0.25) is 0 Å². The van der Waals surface area contributed by atoms with Crippen LogP contribution in [0.5, 0.6) is 0 Å². The van der Waals surface area contributed by atoms with Crippen LogP contribution in [0.1, 0.15) is 11.4 Å². The lowest BCUT2D eigenvalue weighted by Crippen LogP contribution is -1.92. The summed E-state index contributed by atoms with van der Waals surface area (Å²) in [5.74, 6) is 0.917. The third-order valence-corrected chi connectivity index (χ3v) is 2.97. The van der Waals surface area contributed by atoms with Gasteiger partial charge in [0, 0.05) is 6.20 Å². The van der Waals surface area contributed by atoms with E-state index >= 15 is 0 Å². The number of benzene rings is 1. The van der Waals surface area contributed by atoms with Gasteiger partial charge in [0.05, 0.1) is 0 Å². The second-order valence-corrected chi connectivity index (χ2v) is 4.22. The molecule has 0 N–H and O–H groups in total. The van der Waals surface area contributed by atoms with E-state index in [0.717, 1.165) is 17.0 Å². The number of hydrogen-bond donors (Lipinski definition) is 0. The highest BCUT2D eigenvalue weighted by Crippen LogP contribution is 2.22. The van der Waals surface area contributed by atoms with Gasteiger partial charge in [0.2, 0.25) is 0 Å². The zero-order valence-corrected chi connectivity index (χ0v) is 9.88. The summed E-state index contributed by atoms with van der Waals surface area (Å²) < 4.78 is 2.04. The predicted octanol–water partition coefficient (Wildman–Crippen LogP) is 3.01. The van der Waals surface area contributed by atoms with Gasteiger partial charge in [-0.25, -0.2) is 0 Å². The largest absolute Gasteiger partial charge is 0.286 e. The lowest BCUT2D eigenvalue weighted by atomic mass is 10.1. The molecule has 84 valence electrons. The van der Waals surface area contributed by atoms with Gasteiger partial charge in [-0.3, -0.25) is 4.40 Å². The number of pyridine rings is 1. The van der Waals surface area contributed by atoms with Crippen LogP contribution in [-0.2, 0) is 0 Å². The molecule has 0 radical (unpaired) electrons. The lowest BCUT2D eigenvalue weighted by molar-refractivity contribution is 1.01. The van der Waals surface area contributed by atoms with Gasteiger partial charge in [0.15, 0.2) is 5.65 Å². The molecule has 0 spiro atoms. The Morgan fingerprint density at radius 2 is 1.71 bits per heavy atom. The molecule has 0 saturated carbocycles. The minimum absolute atomic E-state index is 0.917. The van der Waals surface area contributed by atoms with E-state index in [2.05, 4.69) is 41.5 Å². The van der Waals surface area contributed by atoms with E-state index in [9.17, 15) is 0 Å². The molecule has 0 bridgehead atoms. The van der Waals surface area contributed by atoms with Crippen molar-refractivity contribution in [1.29, 1.82) is 0 Å². The van der Waals surface area contributed by atoms with E-state index in [0.29, 0.717) is 0 Å². The highest BCUT2D eigenvalue weighted by molar-refractivity contribution is 5.66. The molecule has 0 aliphatic heterocycles. The van der Waals surface area contributed by atoms with E-state index in [-0.39, 0.29) is 0 Å². The maximum atomic E-state index is 4.17. The fourth-order valence-electron chi connectivity index (χ4n) is 2.06. The van der Waals surface area contributed by atoms with Crippen LogP contribution in [0.4, 0.5) is 0 Å². The van der Waals surface area contributed by atoms with Crippen LogP contribution in [-0.4, -0.2) is 14.6 Å². The molecule has 3 heteroatoms. The van der Waals surface area contributed by atoms with E-state index < -0.39 is 0 Å². The number of rotatable bonds is 1. The molecule has 0 saturated heterocycles. The summed E-state index contributed by atoms with van der Waals surface area (Å²) in [5.41, 5.74) is 4.48. The summed E-state index contributed by atoms with van der Waals surface area (Å²) in [7, 11) is 0. The Labute approximate surface area is 99.7 Å². The topological polar surface area (TPSA) is 30.2 Å². The summed E-state index contributed by atoms with van der Waals surface area (Å²) in [5, 5.41) is 8.27. The first-order chi connectivity index (χ1) is 8.25. The Morgan fingerprint density at radius 3 is 2.47 bits per heavy atom. The number of aromatic nitrogens is 3. The Hall–Kier alpha value is -2.16. The molecule has 0 aliphatic carbocycles. The fourth-order valence-corrected chi connectivity index (χ4v) is 2.06. The van der Waals surface area contributed by atoms with Crippen LogP contribution in [0, 0.1) is 13.8 Å². The van der Waals surface area contributed by atoms with E-state index in [1.54, 1.807) is 0 Å². The van der Waals surface area contributed by atoms with Crippen molar-refractivity contribution in [1.82, 2.24) is 14.6 Å². The van der Waals surface area contributed by atoms with E-state index in [1.807, 2.05) is 29.5 Å². The quantitative estimate of drug-likeness (QED) is 0.634. The third kappa shape index (κ3) is 1.60. The summed E-state index contributed by atoms with van der Waals surface area (Å²) in [6.45, 7) is 4.03. The second-order valence-electron chi connectivity index (χ2n) is 4.22. The van der Waals surface area contributed by atoms with Crippen molar-refractivity contribution in [3.05, 3.63) is 54.0 Å². The molecule has 0 amide bonds.